The maximum absolute atomic E-state index is 11.9. The average molecular weight is 486 g/mol. The normalized spacial score (nSPS) is 27.6. The minimum Gasteiger partial charge on any atom is -0.394 e. The molecule has 7 atom stereocenters. The Hall–Kier alpha value is -1.59. The van der Waals surface area contributed by atoms with Crippen molar-refractivity contribution in [3.63, 3.8) is 0 Å². The molecule has 0 aromatic heterocycles. The summed E-state index contributed by atoms with van der Waals surface area (Å²) in [4.78, 5) is 11.9. The summed E-state index contributed by atoms with van der Waals surface area (Å²) in [7, 11) is 0. The molecule has 9 heteroatoms. The van der Waals surface area contributed by atoms with Crippen LogP contribution in [0.25, 0.3) is 0 Å². The van der Waals surface area contributed by atoms with Crippen molar-refractivity contribution >= 4 is 5.91 Å². The number of aliphatic hydroxyl groups excluding tert-OH is 5. The fourth-order valence-electron chi connectivity index (χ4n) is 3.33. The Kier molecular flexibility index (Phi) is 15.9. The van der Waals surface area contributed by atoms with E-state index in [1.165, 1.54) is 0 Å². The zero-order valence-electron chi connectivity index (χ0n) is 20.3. The highest BCUT2D eigenvalue weighted by Crippen LogP contribution is 2.22. The summed E-state index contributed by atoms with van der Waals surface area (Å²) < 4.78 is 10.8. The number of hydrogen-bond donors (Lipinski definition) is 6. The summed E-state index contributed by atoms with van der Waals surface area (Å²) in [6.07, 6.45) is 10.0. The number of aliphatic hydroxyl groups is 5. The third kappa shape index (κ3) is 11.2. The van der Waals surface area contributed by atoms with E-state index in [-0.39, 0.29) is 18.9 Å². The fraction of sp³-hybridized carbons (Fsp3) is 0.720. The van der Waals surface area contributed by atoms with E-state index in [4.69, 9.17) is 9.47 Å². The van der Waals surface area contributed by atoms with E-state index in [2.05, 4.69) is 36.5 Å². The first-order chi connectivity index (χ1) is 16.3. The van der Waals surface area contributed by atoms with Crippen molar-refractivity contribution in [3.8, 4) is 0 Å². The molecular formula is C25H43NO8. The molecule has 1 fully saturated rings. The zero-order chi connectivity index (χ0) is 25.3. The summed E-state index contributed by atoms with van der Waals surface area (Å²) in [5, 5.41) is 52.3. The van der Waals surface area contributed by atoms with Gasteiger partial charge in [0.05, 0.1) is 25.4 Å². The van der Waals surface area contributed by atoms with Gasteiger partial charge in [0.25, 0.3) is 0 Å². The predicted molar refractivity (Wildman–Crippen MR) is 129 cm³/mol. The molecule has 7 unspecified atom stereocenters. The second kappa shape index (κ2) is 17.8. The van der Waals surface area contributed by atoms with E-state index in [0.717, 1.165) is 38.5 Å². The number of allylic oxidation sites excluding steroid dienone is 5. The van der Waals surface area contributed by atoms with Crippen LogP contribution in [0.5, 0.6) is 0 Å². The molecule has 0 spiro atoms. The first kappa shape index (κ1) is 30.4. The summed E-state index contributed by atoms with van der Waals surface area (Å²) in [6.45, 7) is 3.04. The van der Waals surface area contributed by atoms with Crippen molar-refractivity contribution in [2.75, 3.05) is 13.2 Å². The number of amides is 1. The van der Waals surface area contributed by atoms with Crippen LogP contribution in [-0.2, 0) is 14.3 Å². The highest BCUT2D eigenvalue weighted by molar-refractivity contribution is 5.75. The lowest BCUT2D eigenvalue weighted by Crippen LogP contribution is -2.60. The van der Waals surface area contributed by atoms with Gasteiger partial charge in [-0.3, -0.25) is 4.79 Å². The minimum absolute atomic E-state index is 0.214. The molecule has 1 amide bonds. The molecule has 0 saturated carbocycles. The second-order valence-electron chi connectivity index (χ2n) is 8.36. The number of hydrogen-bond acceptors (Lipinski definition) is 8. The molecule has 1 heterocycles. The molecule has 1 rings (SSSR count). The Bertz CT molecular complexity index is 636. The first-order valence-electron chi connectivity index (χ1n) is 12.2. The van der Waals surface area contributed by atoms with Gasteiger partial charge in [-0.25, -0.2) is 0 Å². The number of carbonyl (C=O) groups excluding carboxylic acids is 1. The van der Waals surface area contributed by atoms with Crippen molar-refractivity contribution in [2.45, 2.75) is 102 Å². The number of nitrogens with one attached hydrogen (secondary N) is 1. The summed E-state index contributed by atoms with van der Waals surface area (Å²) in [6, 6.07) is -0.818. The van der Waals surface area contributed by atoms with Crippen LogP contribution in [0, 0.1) is 0 Å². The van der Waals surface area contributed by atoms with E-state index < -0.39 is 49.5 Å². The van der Waals surface area contributed by atoms with Crippen molar-refractivity contribution in [1.29, 1.82) is 0 Å². The lowest BCUT2D eigenvalue weighted by Gasteiger charge is -2.40. The van der Waals surface area contributed by atoms with E-state index in [1.54, 1.807) is 13.0 Å². The monoisotopic (exact) mass is 485 g/mol. The molecule has 0 aromatic rings. The standard InChI is InChI=1S/C25H43NO8/c1-3-5-6-7-8-9-10-11-12-13-14-15-19(28)18(26-21(29)4-2)17-33-25-24(32)23(31)22(30)20(16-27)34-25/h6-7,10-11,14-15,18-20,22-25,27-28,30-32H,3-5,8-9,12-13,16-17H2,1-2H3,(H,26,29)/b7-6+,11-10+,15-14+. The van der Waals surface area contributed by atoms with Gasteiger partial charge in [-0.1, -0.05) is 56.7 Å². The van der Waals surface area contributed by atoms with Crippen LogP contribution in [0.2, 0.25) is 0 Å². The van der Waals surface area contributed by atoms with Gasteiger partial charge in [-0.15, -0.1) is 0 Å². The molecule has 1 saturated heterocycles. The highest BCUT2D eigenvalue weighted by Gasteiger charge is 2.44. The number of carbonyl (C=O) groups is 1. The van der Waals surface area contributed by atoms with Crippen LogP contribution in [0.15, 0.2) is 36.5 Å². The summed E-state index contributed by atoms with van der Waals surface area (Å²) in [5.74, 6) is -0.286. The fourth-order valence-corrected chi connectivity index (χ4v) is 3.33. The molecule has 6 N–H and O–H groups in total. The van der Waals surface area contributed by atoms with Gasteiger partial charge in [0.15, 0.2) is 6.29 Å². The molecule has 196 valence electrons. The average Bonchev–Trinajstić information content (AvgIpc) is 2.84. The zero-order valence-corrected chi connectivity index (χ0v) is 20.3. The molecule has 0 aromatic carbocycles. The number of rotatable bonds is 16. The maximum Gasteiger partial charge on any atom is 0.220 e. The Morgan fingerprint density at radius 2 is 1.53 bits per heavy atom. The number of unbranched alkanes of at least 4 members (excludes halogenated alkanes) is 3. The molecule has 0 aliphatic carbocycles. The van der Waals surface area contributed by atoms with E-state index in [0.29, 0.717) is 0 Å². The summed E-state index contributed by atoms with van der Waals surface area (Å²) >= 11 is 0. The van der Waals surface area contributed by atoms with Crippen molar-refractivity contribution in [1.82, 2.24) is 5.32 Å². The lowest BCUT2D eigenvalue weighted by atomic mass is 9.99. The smallest absolute Gasteiger partial charge is 0.220 e. The van der Waals surface area contributed by atoms with Crippen LogP contribution in [0.4, 0.5) is 0 Å². The van der Waals surface area contributed by atoms with Gasteiger partial charge in [-0.2, -0.15) is 0 Å². The van der Waals surface area contributed by atoms with Gasteiger partial charge in [0, 0.05) is 6.42 Å². The largest absolute Gasteiger partial charge is 0.394 e. The maximum atomic E-state index is 11.9. The molecule has 1 aliphatic heterocycles. The van der Waals surface area contributed by atoms with Crippen molar-refractivity contribution in [2.24, 2.45) is 0 Å². The predicted octanol–water partition coefficient (Wildman–Crippen LogP) is 1.09. The van der Waals surface area contributed by atoms with Crippen molar-refractivity contribution in [3.05, 3.63) is 36.5 Å². The van der Waals surface area contributed by atoms with Gasteiger partial charge < -0.3 is 40.3 Å². The second-order valence-corrected chi connectivity index (χ2v) is 8.36. The molecule has 0 radical (unpaired) electrons. The van der Waals surface area contributed by atoms with Gasteiger partial charge in [0.2, 0.25) is 5.91 Å². The highest BCUT2D eigenvalue weighted by atomic mass is 16.7. The van der Waals surface area contributed by atoms with Crippen LogP contribution in [0.3, 0.4) is 0 Å². The molecular weight excluding hydrogens is 442 g/mol. The van der Waals surface area contributed by atoms with Crippen LogP contribution in [-0.4, -0.2) is 87.5 Å². The van der Waals surface area contributed by atoms with Gasteiger partial charge in [-0.05, 0) is 32.1 Å². The third-order valence-corrected chi connectivity index (χ3v) is 5.49. The quantitative estimate of drug-likeness (QED) is 0.141. The van der Waals surface area contributed by atoms with Gasteiger partial charge in [0.1, 0.15) is 24.4 Å². The lowest BCUT2D eigenvalue weighted by molar-refractivity contribution is -0.302. The first-order valence-corrected chi connectivity index (χ1v) is 12.2. The number of ether oxygens (including phenoxy) is 2. The molecule has 9 nitrogen and oxygen atoms in total. The van der Waals surface area contributed by atoms with Crippen molar-refractivity contribution < 1.29 is 39.8 Å². The Balaban J connectivity index is 2.53. The Labute approximate surface area is 202 Å². The molecule has 34 heavy (non-hydrogen) atoms. The van der Waals surface area contributed by atoms with Crippen LogP contribution in [0.1, 0.15) is 58.8 Å². The van der Waals surface area contributed by atoms with Gasteiger partial charge >= 0.3 is 0 Å². The van der Waals surface area contributed by atoms with Crippen LogP contribution < -0.4 is 5.32 Å². The Morgan fingerprint density at radius 1 is 0.941 bits per heavy atom. The minimum atomic E-state index is -1.56. The Morgan fingerprint density at radius 3 is 2.09 bits per heavy atom. The van der Waals surface area contributed by atoms with E-state index in [9.17, 15) is 30.3 Å². The van der Waals surface area contributed by atoms with Crippen LogP contribution >= 0.6 is 0 Å². The molecule has 1 aliphatic rings. The summed E-state index contributed by atoms with van der Waals surface area (Å²) in [5.41, 5.74) is 0. The topological polar surface area (TPSA) is 149 Å². The third-order valence-electron chi connectivity index (χ3n) is 5.49. The van der Waals surface area contributed by atoms with E-state index in [1.807, 2.05) is 6.08 Å². The van der Waals surface area contributed by atoms with E-state index >= 15 is 0 Å². The molecule has 0 bridgehead atoms. The SMILES string of the molecule is CCC/C=C/CC/C=C/CC/C=C/C(O)C(COC1OC(CO)C(O)C(O)C1O)NC(=O)CC.